The Morgan fingerprint density at radius 1 is 1.02 bits per heavy atom. The molecule has 11 heteroatoms. The lowest BCUT2D eigenvalue weighted by Gasteiger charge is -2.24. The molecule has 0 spiro atoms. The second kappa shape index (κ2) is 14.3. The molecule has 0 unspecified atom stereocenters. The van der Waals surface area contributed by atoms with E-state index in [1.807, 2.05) is 44.2 Å². The molecule has 0 aliphatic carbocycles. The van der Waals surface area contributed by atoms with Crippen molar-refractivity contribution < 1.29 is 38.4 Å². The maximum Gasteiger partial charge on any atom is 0.350 e. The number of benzene rings is 3. The number of thiazole rings is 1. The molecule has 242 valence electrons. The largest absolute Gasteiger partial charge is 0.507 e. The van der Waals surface area contributed by atoms with Crippen molar-refractivity contribution in [2.75, 3.05) is 25.2 Å². The van der Waals surface area contributed by atoms with Gasteiger partial charge in [-0.2, -0.15) is 0 Å². The number of aromatic nitrogens is 1. The number of amides is 1. The number of hydrogen-bond acceptors (Lipinski definition) is 10. The topological polar surface area (TPSA) is 124 Å². The summed E-state index contributed by atoms with van der Waals surface area (Å²) >= 11 is 0.915. The molecule has 1 saturated heterocycles. The molecule has 1 fully saturated rings. The van der Waals surface area contributed by atoms with Crippen molar-refractivity contribution in [3.05, 3.63) is 118 Å². The first-order valence-corrected chi connectivity index (χ1v) is 15.6. The molecule has 3 aromatic carbocycles. The summed E-state index contributed by atoms with van der Waals surface area (Å²) in [6, 6.07) is 18.6. The maximum absolute atomic E-state index is 13.8. The van der Waals surface area contributed by atoms with Gasteiger partial charge in [0.15, 0.2) is 16.6 Å². The highest BCUT2D eigenvalue weighted by molar-refractivity contribution is 7.17. The van der Waals surface area contributed by atoms with Gasteiger partial charge in [-0.05, 0) is 67.8 Å². The van der Waals surface area contributed by atoms with Crippen LogP contribution >= 0.6 is 11.3 Å². The summed E-state index contributed by atoms with van der Waals surface area (Å²) in [5.74, 6) is -1.39. The quantitative estimate of drug-likeness (QED) is 0.0583. The molecule has 5 rings (SSSR count). The second-order valence-corrected chi connectivity index (χ2v) is 11.5. The van der Waals surface area contributed by atoms with Crippen molar-refractivity contribution in [1.29, 1.82) is 0 Å². The number of carbonyl (C=O) groups excluding carboxylic acids is 3. The lowest BCUT2D eigenvalue weighted by molar-refractivity contribution is -0.132. The van der Waals surface area contributed by atoms with Crippen LogP contribution in [0.2, 0.25) is 0 Å². The predicted octanol–water partition coefficient (Wildman–Crippen LogP) is 6.72. The average Bonchev–Trinajstić information content (AvgIpc) is 3.59. The second-order valence-electron chi connectivity index (χ2n) is 10.6. The van der Waals surface area contributed by atoms with Crippen LogP contribution in [-0.4, -0.2) is 48.1 Å². The fourth-order valence-corrected chi connectivity index (χ4v) is 6.19. The first-order chi connectivity index (χ1) is 22.7. The summed E-state index contributed by atoms with van der Waals surface area (Å²) in [5, 5.41) is 11.8. The van der Waals surface area contributed by atoms with Crippen LogP contribution in [0, 0.1) is 13.8 Å². The summed E-state index contributed by atoms with van der Waals surface area (Å²) < 4.78 is 22.4. The van der Waals surface area contributed by atoms with Gasteiger partial charge in [-0.15, -0.1) is 0 Å². The molecule has 1 aliphatic heterocycles. The van der Waals surface area contributed by atoms with Crippen molar-refractivity contribution in [2.24, 2.45) is 0 Å². The van der Waals surface area contributed by atoms with E-state index >= 15 is 0 Å². The fraction of sp³-hybridized carbons (Fsp3) is 0.222. The zero-order chi connectivity index (χ0) is 33.7. The molecule has 1 N–H and O–H groups in total. The molecular formula is C36H34N2O8S. The third kappa shape index (κ3) is 6.75. The van der Waals surface area contributed by atoms with Crippen molar-refractivity contribution in [3.63, 3.8) is 0 Å². The Kier molecular flexibility index (Phi) is 10.1. The summed E-state index contributed by atoms with van der Waals surface area (Å²) in [6.45, 7) is 9.58. The minimum absolute atomic E-state index is 0.00248. The lowest BCUT2D eigenvalue weighted by atomic mass is 9.94. The van der Waals surface area contributed by atoms with Crippen LogP contribution in [0.4, 0.5) is 5.13 Å². The molecule has 47 heavy (non-hydrogen) atoms. The Hall–Kier alpha value is -5.42. The van der Waals surface area contributed by atoms with Gasteiger partial charge in [0.1, 0.15) is 29.6 Å². The van der Waals surface area contributed by atoms with Crippen LogP contribution in [0.25, 0.3) is 5.76 Å². The van der Waals surface area contributed by atoms with Crippen molar-refractivity contribution in [3.8, 4) is 17.2 Å². The Balaban J connectivity index is 1.60. The Labute approximate surface area is 276 Å². The van der Waals surface area contributed by atoms with Crippen LogP contribution in [0.1, 0.15) is 50.6 Å². The summed E-state index contributed by atoms with van der Waals surface area (Å²) in [4.78, 5) is 46.1. The third-order valence-electron chi connectivity index (χ3n) is 7.44. The van der Waals surface area contributed by atoms with E-state index in [0.29, 0.717) is 47.3 Å². The lowest BCUT2D eigenvalue weighted by Crippen LogP contribution is -2.29. The molecule has 0 radical (unpaired) electrons. The van der Waals surface area contributed by atoms with E-state index in [0.717, 1.165) is 22.5 Å². The van der Waals surface area contributed by atoms with Crippen molar-refractivity contribution in [1.82, 2.24) is 4.98 Å². The molecular weight excluding hydrogens is 620 g/mol. The molecule has 2 heterocycles. The van der Waals surface area contributed by atoms with Gasteiger partial charge in [0, 0.05) is 5.56 Å². The minimum atomic E-state index is -1.11. The minimum Gasteiger partial charge on any atom is -0.507 e. The van der Waals surface area contributed by atoms with Gasteiger partial charge in [0.2, 0.25) is 0 Å². The van der Waals surface area contributed by atoms with E-state index in [4.69, 9.17) is 18.9 Å². The number of methoxy groups -OCH3 is 1. The van der Waals surface area contributed by atoms with Crippen molar-refractivity contribution in [2.45, 2.75) is 33.4 Å². The maximum atomic E-state index is 13.8. The molecule has 1 atom stereocenters. The summed E-state index contributed by atoms with van der Waals surface area (Å²) in [7, 11) is 1.48. The van der Waals surface area contributed by atoms with Crippen LogP contribution in [0.3, 0.4) is 0 Å². The van der Waals surface area contributed by atoms with Gasteiger partial charge in [0.25, 0.3) is 5.78 Å². The van der Waals surface area contributed by atoms with Crippen LogP contribution in [0.5, 0.6) is 17.2 Å². The number of aliphatic hydroxyl groups excluding tert-OH is 1. The first-order valence-electron chi connectivity index (χ1n) is 14.8. The molecule has 1 amide bonds. The van der Waals surface area contributed by atoms with Crippen molar-refractivity contribution >= 4 is 39.9 Å². The summed E-state index contributed by atoms with van der Waals surface area (Å²) in [6.07, 6.45) is 1.44. The highest BCUT2D eigenvalue weighted by Gasteiger charge is 2.48. The SMILES string of the molecule is C=CCOC(=O)c1sc(N2C(=O)C(=O)/C(=C(/O)c3ccc(OCc4ccccc4)c(C)c3)[C@@H]2c2ccc(OCC)c(OC)c2)nc1C. The van der Waals surface area contributed by atoms with E-state index in [2.05, 4.69) is 11.6 Å². The highest BCUT2D eigenvalue weighted by Crippen LogP contribution is 2.45. The van der Waals surface area contributed by atoms with Crippen LogP contribution in [0.15, 0.2) is 85.0 Å². The predicted molar refractivity (Wildman–Crippen MR) is 178 cm³/mol. The number of anilines is 1. The number of esters is 1. The first kappa shape index (κ1) is 33.0. The van der Waals surface area contributed by atoms with E-state index < -0.39 is 23.7 Å². The number of aliphatic hydroxyl groups is 1. The van der Waals surface area contributed by atoms with Gasteiger partial charge >= 0.3 is 11.9 Å². The number of Topliss-reactive ketones (excluding diaryl/α,β-unsaturated/α-hetero) is 1. The summed E-state index contributed by atoms with van der Waals surface area (Å²) in [5.41, 5.74) is 2.66. The van der Waals surface area contributed by atoms with E-state index in [1.54, 1.807) is 43.3 Å². The molecule has 4 aromatic rings. The van der Waals surface area contributed by atoms with E-state index in [1.165, 1.54) is 18.1 Å². The fourth-order valence-electron chi connectivity index (χ4n) is 5.20. The number of ether oxygens (including phenoxy) is 4. The van der Waals surface area contributed by atoms with E-state index in [-0.39, 0.29) is 27.9 Å². The monoisotopic (exact) mass is 654 g/mol. The number of aryl methyl sites for hydroxylation is 2. The third-order valence-corrected chi connectivity index (χ3v) is 8.58. The normalized spacial score (nSPS) is 15.4. The molecule has 1 aliphatic rings. The number of nitrogens with zero attached hydrogens (tertiary/aromatic N) is 2. The number of ketones is 1. The number of rotatable bonds is 12. The molecule has 0 bridgehead atoms. The Morgan fingerprint density at radius 2 is 1.77 bits per heavy atom. The van der Waals surface area contributed by atoms with Gasteiger partial charge < -0.3 is 24.1 Å². The zero-order valence-electron chi connectivity index (χ0n) is 26.4. The number of carbonyl (C=O) groups is 3. The smallest absolute Gasteiger partial charge is 0.350 e. The van der Waals surface area contributed by atoms with Gasteiger partial charge in [-0.1, -0.05) is 60.4 Å². The average molecular weight is 655 g/mol. The van der Waals surface area contributed by atoms with Crippen LogP contribution in [-0.2, 0) is 20.9 Å². The van der Waals surface area contributed by atoms with Gasteiger partial charge in [0.05, 0.1) is 31.0 Å². The molecule has 0 saturated carbocycles. The van der Waals surface area contributed by atoms with Gasteiger partial charge in [-0.3, -0.25) is 14.5 Å². The molecule has 1 aromatic heterocycles. The number of hydrogen-bond donors (Lipinski definition) is 1. The molecule has 10 nitrogen and oxygen atoms in total. The van der Waals surface area contributed by atoms with Crippen LogP contribution < -0.4 is 19.1 Å². The zero-order valence-corrected chi connectivity index (χ0v) is 27.3. The van der Waals surface area contributed by atoms with E-state index in [9.17, 15) is 19.5 Å². The highest BCUT2D eigenvalue weighted by atomic mass is 32.1. The standard InChI is InChI=1S/C36H34N2O8S/c1-6-17-45-35(42)33-22(4)37-36(47-33)38-30(24-13-16-27(44-7-2)28(19-24)43-5)29(32(40)34(38)41)31(39)25-14-15-26(21(3)18-25)46-20-23-11-9-8-10-12-23/h6,8-16,18-19,30,39H,1,7,17,20H2,2-5H3/b31-29+/t30-/m0/s1. The Morgan fingerprint density at radius 3 is 2.45 bits per heavy atom. The van der Waals surface area contributed by atoms with Gasteiger partial charge in [-0.25, -0.2) is 9.78 Å². The Bertz CT molecular complexity index is 1860.